The van der Waals surface area contributed by atoms with Crippen molar-refractivity contribution in [2.45, 2.75) is 30.9 Å². The standard InChI is InChI=1S/C12H19N3O2/c1-14-11(10(17-2)7-13-14)12(16)5-6-15(8-12)9-3-4-9/h7,9,16H,3-6,8H2,1-2H3. The Balaban J connectivity index is 1.89. The number of aryl methyl sites for hydroxylation is 1. The van der Waals surface area contributed by atoms with E-state index < -0.39 is 5.60 Å². The van der Waals surface area contributed by atoms with Crippen molar-refractivity contribution in [3.05, 3.63) is 11.9 Å². The van der Waals surface area contributed by atoms with Gasteiger partial charge in [-0.3, -0.25) is 9.58 Å². The number of methoxy groups -OCH3 is 1. The van der Waals surface area contributed by atoms with E-state index in [1.165, 1.54) is 12.8 Å². The maximum Gasteiger partial charge on any atom is 0.162 e. The van der Waals surface area contributed by atoms with Gasteiger partial charge in [-0.05, 0) is 19.3 Å². The molecule has 1 aliphatic carbocycles. The third-order valence-corrected chi connectivity index (χ3v) is 3.91. The van der Waals surface area contributed by atoms with E-state index in [0.29, 0.717) is 18.3 Å². The number of aliphatic hydroxyl groups is 1. The Morgan fingerprint density at radius 2 is 2.29 bits per heavy atom. The molecule has 2 heterocycles. The fourth-order valence-corrected chi connectivity index (χ4v) is 2.86. The van der Waals surface area contributed by atoms with Gasteiger partial charge in [0.25, 0.3) is 0 Å². The summed E-state index contributed by atoms with van der Waals surface area (Å²) >= 11 is 0. The van der Waals surface area contributed by atoms with Crippen molar-refractivity contribution < 1.29 is 9.84 Å². The highest BCUT2D eigenvalue weighted by Crippen LogP contribution is 2.40. The fraction of sp³-hybridized carbons (Fsp3) is 0.750. The van der Waals surface area contributed by atoms with Gasteiger partial charge >= 0.3 is 0 Å². The van der Waals surface area contributed by atoms with Crippen LogP contribution < -0.4 is 4.74 Å². The van der Waals surface area contributed by atoms with E-state index in [2.05, 4.69) is 10.00 Å². The van der Waals surface area contributed by atoms with Gasteiger partial charge in [0.05, 0.1) is 13.3 Å². The fourth-order valence-electron chi connectivity index (χ4n) is 2.86. The summed E-state index contributed by atoms with van der Waals surface area (Å²) in [5.41, 5.74) is 0.00211. The molecule has 0 bridgehead atoms. The second kappa shape index (κ2) is 3.71. The normalized spacial score (nSPS) is 29.8. The lowest BCUT2D eigenvalue weighted by Gasteiger charge is -2.24. The smallest absolute Gasteiger partial charge is 0.162 e. The monoisotopic (exact) mass is 237 g/mol. The highest BCUT2D eigenvalue weighted by Gasteiger charge is 2.46. The van der Waals surface area contributed by atoms with E-state index >= 15 is 0 Å². The second-order valence-electron chi connectivity index (χ2n) is 5.17. The zero-order valence-corrected chi connectivity index (χ0v) is 10.4. The largest absolute Gasteiger partial charge is 0.493 e. The Bertz CT molecular complexity index is 427. The lowest BCUT2D eigenvalue weighted by atomic mass is 9.98. The summed E-state index contributed by atoms with van der Waals surface area (Å²) in [7, 11) is 3.48. The molecule has 1 aliphatic heterocycles. The molecule has 5 heteroatoms. The minimum atomic E-state index is -0.806. The molecule has 5 nitrogen and oxygen atoms in total. The molecule has 3 rings (SSSR count). The van der Waals surface area contributed by atoms with Crippen molar-refractivity contribution in [3.8, 4) is 5.75 Å². The number of aromatic nitrogens is 2. The number of ether oxygens (including phenoxy) is 1. The first-order valence-electron chi connectivity index (χ1n) is 6.17. The Morgan fingerprint density at radius 3 is 2.94 bits per heavy atom. The van der Waals surface area contributed by atoms with Crippen molar-refractivity contribution in [1.82, 2.24) is 14.7 Å². The minimum Gasteiger partial charge on any atom is -0.493 e. The molecule has 1 N–H and O–H groups in total. The van der Waals surface area contributed by atoms with Crippen LogP contribution >= 0.6 is 0 Å². The Labute approximate surface area is 101 Å². The molecular formula is C12H19N3O2. The van der Waals surface area contributed by atoms with Crippen molar-refractivity contribution in [1.29, 1.82) is 0 Å². The van der Waals surface area contributed by atoms with Gasteiger partial charge in [-0.1, -0.05) is 0 Å². The lowest BCUT2D eigenvalue weighted by Crippen LogP contribution is -2.34. The number of hydrogen-bond donors (Lipinski definition) is 1. The molecule has 2 aliphatic rings. The molecule has 0 aromatic carbocycles. The number of β-amino-alcohol motifs (C(OH)–C–C–N with tert-alkyl or cyclic N) is 1. The summed E-state index contributed by atoms with van der Waals surface area (Å²) in [5.74, 6) is 0.688. The number of rotatable bonds is 3. The van der Waals surface area contributed by atoms with Crippen molar-refractivity contribution in [3.63, 3.8) is 0 Å². The van der Waals surface area contributed by atoms with Crippen LogP contribution in [-0.2, 0) is 12.6 Å². The van der Waals surface area contributed by atoms with Gasteiger partial charge in [-0.25, -0.2) is 0 Å². The Kier molecular flexibility index (Phi) is 2.41. The van der Waals surface area contributed by atoms with E-state index in [1.807, 2.05) is 7.05 Å². The molecule has 1 saturated carbocycles. The molecule has 94 valence electrons. The minimum absolute atomic E-state index is 0.688. The average molecular weight is 237 g/mol. The summed E-state index contributed by atoms with van der Waals surface area (Å²) in [6.45, 7) is 1.67. The van der Waals surface area contributed by atoms with Crippen LogP contribution in [0.5, 0.6) is 5.75 Å². The van der Waals surface area contributed by atoms with Gasteiger partial charge in [-0.2, -0.15) is 5.10 Å². The first-order chi connectivity index (χ1) is 8.14. The summed E-state index contributed by atoms with van der Waals surface area (Å²) < 4.78 is 7.02. The van der Waals surface area contributed by atoms with E-state index in [9.17, 15) is 5.11 Å². The third-order valence-electron chi connectivity index (χ3n) is 3.91. The molecule has 0 spiro atoms. The van der Waals surface area contributed by atoms with Crippen molar-refractivity contribution in [2.24, 2.45) is 7.05 Å². The van der Waals surface area contributed by atoms with Crippen LogP contribution in [0.1, 0.15) is 25.0 Å². The molecule has 1 saturated heterocycles. The molecule has 1 atom stereocenters. The quantitative estimate of drug-likeness (QED) is 0.831. The molecule has 2 fully saturated rings. The molecule has 0 amide bonds. The van der Waals surface area contributed by atoms with E-state index in [1.54, 1.807) is 18.0 Å². The van der Waals surface area contributed by atoms with Crippen LogP contribution in [-0.4, -0.2) is 46.0 Å². The van der Waals surface area contributed by atoms with Gasteiger partial charge in [-0.15, -0.1) is 0 Å². The van der Waals surface area contributed by atoms with Crippen LogP contribution in [0.3, 0.4) is 0 Å². The van der Waals surface area contributed by atoms with Crippen LogP contribution in [0.4, 0.5) is 0 Å². The molecule has 1 aromatic heterocycles. The third kappa shape index (κ3) is 1.73. The van der Waals surface area contributed by atoms with Crippen LogP contribution in [0.25, 0.3) is 0 Å². The number of likely N-dealkylation sites (tertiary alicyclic amines) is 1. The van der Waals surface area contributed by atoms with Crippen LogP contribution in [0.2, 0.25) is 0 Å². The molecular weight excluding hydrogens is 218 g/mol. The van der Waals surface area contributed by atoms with Crippen molar-refractivity contribution in [2.75, 3.05) is 20.2 Å². The zero-order chi connectivity index (χ0) is 12.0. The topological polar surface area (TPSA) is 50.5 Å². The SMILES string of the molecule is COc1cnn(C)c1C1(O)CCN(C2CC2)C1. The second-order valence-corrected chi connectivity index (χ2v) is 5.17. The molecule has 0 radical (unpaired) electrons. The first kappa shape index (κ1) is 11.0. The van der Waals surface area contributed by atoms with Gasteiger partial charge in [0.2, 0.25) is 0 Å². The van der Waals surface area contributed by atoms with Gasteiger partial charge in [0.1, 0.15) is 11.3 Å². The molecule has 17 heavy (non-hydrogen) atoms. The van der Waals surface area contributed by atoms with Crippen LogP contribution in [0.15, 0.2) is 6.20 Å². The van der Waals surface area contributed by atoms with E-state index in [-0.39, 0.29) is 0 Å². The zero-order valence-electron chi connectivity index (χ0n) is 10.4. The molecule has 1 aromatic rings. The predicted molar refractivity (Wildman–Crippen MR) is 62.9 cm³/mol. The maximum atomic E-state index is 10.8. The summed E-state index contributed by atoms with van der Waals surface area (Å²) in [6.07, 6.45) is 4.99. The summed E-state index contributed by atoms with van der Waals surface area (Å²) in [4.78, 5) is 2.38. The number of nitrogens with zero attached hydrogens (tertiary/aromatic N) is 3. The number of hydrogen-bond acceptors (Lipinski definition) is 4. The Morgan fingerprint density at radius 1 is 1.53 bits per heavy atom. The summed E-state index contributed by atoms with van der Waals surface area (Å²) in [5, 5.41) is 15.0. The highest BCUT2D eigenvalue weighted by molar-refractivity contribution is 5.32. The lowest BCUT2D eigenvalue weighted by molar-refractivity contribution is 0.0347. The highest BCUT2D eigenvalue weighted by atomic mass is 16.5. The average Bonchev–Trinajstić information content (AvgIpc) is 2.98. The summed E-state index contributed by atoms with van der Waals surface area (Å²) in [6, 6.07) is 0.697. The predicted octanol–water partition coefficient (Wildman–Crippen LogP) is 0.484. The maximum absolute atomic E-state index is 10.8. The van der Waals surface area contributed by atoms with Crippen LogP contribution in [0, 0.1) is 0 Å². The van der Waals surface area contributed by atoms with Gasteiger partial charge in [0.15, 0.2) is 5.75 Å². The van der Waals surface area contributed by atoms with Crippen molar-refractivity contribution >= 4 is 0 Å². The molecule has 1 unspecified atom stereocenters. The van der Waals surface area contributed by atoms with E-state index in [0.717, 1.165) is 18.7 Å². The first-order valence-corrected chi connectivity index (χ1v) is 6.17. The van der Waals surface area contributed by atoms with Gasteiger partial charge < -0.3 is 9.84 Å². The van der Waals surface area contributed by atoms with E-state index in [4.69, 9.17) is 4.74 Å². The van der Waals surface area contributed by atoms with Gasteiger partial charge in [0, 0.05) is 26.2 Å². The Hall–Kier alpha value is -1.07.